The molecule has 0 aliphatic heterocycles. The minimum atomic E-state index is 0. The molecular weight excluding hydrogens is 509 g/mol. The topological polar surface area (TPSA) is 53.0 Å². The molecule has 8 heteroatoms. The summed E-state index contributed by atoms with van der Waals surface area (Å²) in [5.41, 5.74) is 2.37. The molecule has 1 aromatic heterocycles. The predicted octanol–water partition coefficient (Wildman–Crippen LogP) is 4.04. The van der Waals surface area contributed by atoms with Crippen LogP contribution in [0, 0.1) is 0 Å². The van der Waals surface area contributed by atoms with Crippen molar-refractivity contribution in [3.63, 3.8) is 0 Å². The van der Waals surface area contributed by atoms with Crippen molar-refractivity contribution in [3.05, 3.63) is 52.0 Å². The normalized spacial score (nSPS) is 13.6. The van der Waals surface area contributed by atoms with Gasteiger partial charge in [0.15, 0.2) is 5.96 Å². The number of hydrogen-bond acceptors (Lipinski definition) is 5. The Hall–Kier alpha value is -1.23. The van der Waals surface area contributed by atoms with E-state index in [1.807, 2.05) is 6.92 Å². The molecule has 0 saturated heterocycles. The summed E-state index contributed by atoms with van der Waals surface area (Å²) in [5.74, 6) is 0.904. The average Bonchev–Trinajstić information content (AvgIpc) is 3.18. The molecule has 0 amide bonds. The van der Waals surface area contributed by atoms with Crippen LogP contribution < -0.4 is 5.32 Å². The summed E-state index contributed by atoms with van der Waals surface area (Å²) in [6, 6.07) is 10.9. The van der Waals surface area contributed by atoms with Crippen molar-refractivity contribution in [3.8, 4) is 0 Å². The maximum absolute atomic E-state index is 5.37. The van der Waals surface area contributed by atoms with E-state index in [2.05, 4.69) is 78.9 Å². The highest BCUT2D eigenvalue weighted by atomic mass is 127. The quantitative estimate of drug-likeness (QED) is 0.278. The van der Waals surface area contributed by atoms with Crippen LogP contribution >= 0.6 is 35.3 Å². The number of aromatic nitrogens is 1. The molecular formula is C22H36IN5OS. The van der Waals surface area contributed by atoms with Gasteiger partial charge in [-0.15, -0.1) is 35.3 Å². The van der Waals surface area contributed by atoms with Gasteiger partial charge < -0.3 is 19.9 Å². The number of methoxy groups -OCH3 is 1. The highest BCUT2D eigenvalue weighted by Gasteiger charge is 2.15. The summed E-state index contributed by atoms with van der Waals surface area (Å²) in [5, 5.41) is 6.52. The second-order valence-electron chi connectivity index (χ2n) is 7.41. The molecule has 1 heterocycles. The smallest absolute Gasteiger partial charge is 0.194 e. The van der Waals surface area contributed by atoms with E-state index in [1.165, 1.54) is 5.56 Å². The van der Waals surface area contributed by atoms with E-state index in [-0.39, 0.29) is 30.1 Å². The number of hydrogen-bond donors (Lipinski definition) is 1. The number of ether oxygens (including phenoxy) is 1. The standard InChI is InChI=1S/C22H35N5OS.HI/c1-7-23-22(27(5)15-19-16-29-21(25-19)17(2)28-6)24-14-20(26(3)4)13-18-11-9-8-10-12-18;/h8-12,16-17,20H,7,13-15H2,1-6H3,(H,23,24);1H. The lowest BCUT2D eigenvalue weighted by Crippen LogP contribution is -2.40. The first-order valence-electron chi connectivity index (χ1n) is 10.1. The van der Waals surface area contributed by atoms with E-state index in [4.69, 9.17) is 14.7 Å². The molecule has 0 aliphatic rings. The number of rotatable bonds is 10. The molecule has 0 radical (unpaired) electrons. The largest absolute Gasteiger partial charge is 0.375 e. The van der Waals surface area contributed by atoms with Gasteiger partial charge in [0.1, 0.15) is 11.1 Å². The lowest BCUT2D eigenvalue weighted by atomic mass is 10.1. The summed E-state index contributed by atoms with van der Waals surface area (Å²) >= 11 is 1.64. The molecule has 6 nitrogen and oxygen atoms in total. The molecule has 0 saturated carbocycles. The van der Waals surface area contributed by atoms with Crippen LogP contribution in [0.1, 0.15) is 36.2 Å². The van der Waals surface area contributed by atoms with Gasteiger partial charge in [-0.25, -0.2) is 4.98 Å². The third-order valence-electron chi connectivity index (χ3n) is 4.86. The van der Waals surface area contributed by atoms with Crippen LogP contribution in [0.3, 0.4) is 0 Å². The van der Waals surface area contributed by atoms with Crippen LogP contribution in [0.15, 0.2) is 40.7 Å². The molecule has 2 rings (SSSR count). The first-order valence-corrected chi connectivity index (χ1v) is 11.0. The van der Waals surface area contributed by atoms with Crippen LogP contribution in [-0.4, -0.2) is 68.1 Å². The van der Waals surface area contributed by atoms with Crippen LogP contribution in [-0.2, 0) is 17.7 Å². The van der Waals surface area contributed by atoms with Crippen LogP contribution in [0.5, 0.6) is 0 Å². The number of thiazole rings is 1. The third-order valence-corrected chi connectivity index (χ3v) is 5.92. The Morgan fingerprint density at radius 1 is 1.23 bits per heavy atom. The van der Waals surface area contributed by atoms with Crippen LogP contribution in [0.25, 0.3) is 0 Å². The zero-order chi connectivity index (χ0) is 21.2. The predicted molar refractivity (Wildman–Crippen MR) is 138 cm³/mol. The molecule has 1 N–H and O–H groups in total. The van der Waals surface area contributed by atoms with E-state index in [0.29, 0.717) is 12.6 Å². The number of benzene rings is 1. The van der Waals surface area contributed by atoms with Gasteiger partial charge in [0.2, 0.25) is 0 Å². The number of halogens is 1. The Morgan fingerprint density at radius 3 is 2.53 bits per heavy atom. The lowest BCUT2D eigenvalue weighted by molar-refractivity contribution is 0.119. The third kappa shape index (κ3) is 8.49. The molecule has 2 aromatic rings. The molecule has 0 fully saturated rings. The van der Waals surface area contributed by atoms with Crippen LogP contribution in [0.2, 0.25) is 0 Å². The Morgan fingerprint density at radius 2 is 1.93 bits per heavy atom. The summed E-state index contributed by atoms with van der Waals surface area (Å²) < 4.78 is 5.37. The highest BCUT2D eigenvalue weighted by Crippen LogP contribution is 2.21. The van der Waals surface area contributed by atoms with Crippen molar-refractivity contribution in [1.29, 1.82) is 0 Å². The minimum Gasteiger partial charge on any atom is -0.375 e. The molecule has 2 atom stereocenters. The Balaban J connectivity index is 0.00000450. The summed E-state index contributed by atoms with van der Waals surface area (Å²) in [4.78, 5) is 14.0. The maximum Gasteiger partial charge on any atom is 0.194 e. The maximum atomic E-state index is 5.37. The Kier molecular flexibility index (Phi) is 12.5. The second kappa shape index (κ2) is 14.0. The van der Waals surface area contributed by atoms with Crippen molar-refractivity contribution in [2.24, 2.45) is 4.99 Å². The minimum absolute atomic E-state index is 0. The molecule has 0 aliphatic carbocycles. The molecule has 0 bridgehead atoms. The number of aliphatic imine (C=N–C) groups is 1. The van der Waals surface area contributed by atoms with Crippen molar-refractivity contribution in [1.82, 2.24) is 20.1 Å². The van der Waals surface area contributed by atoms with Crippen molar-refractivity contribution in [2.75, 3.05) is 41.3 Å². The molecule has 30 heavy (non-hydrogen) atoms. The van der Waals surface area contributed by atoms with E-state index < -0.39 is 0 Å². The first kappa shape index (κ1) is 26.8. The van der Waals surface area contributed by atoms with Gasteiger partial charge in [-0.1, -0.05) is 30.3 Å². The van der Waals surface area contributed by atoms with Gasteiger partial charge in [-0.2, -0.15) is 0 Å². The monoisotopic (exact) mass is 545 g/mol. The molecule has 2 unspecified atom stereocenters. The van der Waals surface area contributed by atoms with Crippen molar-refractivity contribution < 1.29 is 4.74 Å². The Labute approximate surface area is 202 Å². The lowest BCUT2D eigenvalue weighted by Gasteiger charge is -2.25. The fourth-order valence-electron chi connectivity index (χ4n) is 2.96. The number of nitrogens with one attached hydrogen (secondary N) is 1. The summed E-state index contributed by atoms with van der Waals surface area (Å²) in [7, 11) is 8.01. The van der Waals surface area contributed by atoms with Gasteiger partial charge in [-0.3, -0.25) is 4.99 Å². The number of guanidine groups is 1. The zero-order valence-corrected chi connectivity index (χ0v) is 22.1. The van der Waals surface area contributed by atoms with Gasteiger partial charge in [0, 0.05) is 32.1 Å². The van der Waals surface area contributed by atoms with E-state index >= 15 is 0 Å². The van der Waals surface area contributed by atoms with E-state index in [9.17, 15) is 0 Å². The van der Waals surface area contributed by atoms with E-state index in [1.54, 1.807) is 18.4 Å². The summed E-state index contributed by atoms with van der Waals surface area (Å²) in [6.07, 6.45) is 1.00. The highest BCUT2D eigenvalue weighted by molar-refractivity contribution is 14.0. The fourth-order valence-corrected chi connectivity index (χ4v) is 3.80. The molecule has 1 aromatic carbocycles. The average molecular weight is 546 g/mol. The van der Waals surface area contributed by atoms with E-state index in [0.717, 1.165) is 36.2 Å². The second-order valence-corrected chi connectivity index (χ2v) is 8.30. The van der Waals surface area contributed by atoms with Gasteiger partial charge in [0.25, 0.3) is 0 Å². The van der Waals surface area contributed by atoms with Crippen LogP contribution in [0.4, 0.5) is 0 Å². The first-order chi connectivity index (χ1) is 13.9. The van der Waals surface area contributed by atoms with Gasteiger partial charge >= 0.3 is 0 Å². The van der Waals surface area contributed by atoms with Crippen molar-refractivity contribution in [2.45, 2.75) is 39.0 Å². The van der Waals surface area contributed by atoms with Gasteiger partial charge in [-0.05, 0) is 39.9 Å². The fraction of sp³-hybridized carbons (Fsp3) is 0.545. The summed E-state index contributed by atoms with van der Waals surface area (Å²) in [6.45, 7) is 6.39. The van der Waals surface area contributed by atoms with Gasteiger partial charge in [0.05, 0.1) is 18.8 Å². The van der Waals surface area contributed by atoms with Crippen molar-refractivity contribution >= 4 is 41.3 Å². The number of likely N-dealkylation sites (N-methyl/N-ethyl adjacent to an activating group) is 1. The zero-order valence-electron chi connectivity index (χ0n) is 19.0. The molecule has 0 spiro atoms. The molecule has 168 valence electrons. The SMILES string of the molecule is CCNC(=NCC(Cc1ccccc1)N(C)C)N(C)Cc1csc(C(C)OC)n1.I. The number of nitrogens with zero attached hydrogens (tertiary/aromatic N) is 4. The Bertz CT molecular complexity index is 753.